The number of H-pyrrole nitrogens is 1. The summed E-state index contributed by atoms with van der Waals surface area (Å²) in [6.45, 7) is 0. The summed E-state index contributed by atoms with van der Waals surface area (Å²) in [5, 5.41) is 6.44. The molecule has 0 spiro atoms. The number of aromatic amines is 1. The second-order valence-corrected chi connectivity index (χ2v) is 2.66. The number of nitrogens with two attached hydrogens (primary N) is 2. The van der Waals surface area contributed by atoms with Crippen LogP contribution in [0.5, 0.6) is 0 Å². The van der Waals surface area contributed by atoms with Crippen molar-refractivity contribution in [3.63, 3.8) is 0 Å². The highest BCUT2D eigenvalue weighted by atomic mass is 35.5. The topological polar surface area (TPSA) is 93.6 Å². The number of nitrogens with one attached hydrogen (secondary N) is 1. The van der Waals surface area contributed by atoms with Crippen molar-refractivity contribution < 1.29 is 0 Å². The quantitative estimate of drug-likeness (QED) is 0.666. The molecule has 2 aromatic rings. The van der Waals surface area contributed by atoms with Crippen LogP contribution in [0.4, 0.5) is 11.6 Å². The van der Waals surface area contributed by atoms with E-state index in [4.69, 9.17) is 11.5 Å². The number of hydrogen-bond donors (Lipinski definition) is 3. The lowest BCUT2D eigenvalue weighted by molar-refractivity contribution is 1.10. The molecule has 0 aliphatic rings. The number of hydrogen-bond acceptors (Lipinski definition) is 4. The molecule has 1 aromatic heterocycles. The Bertz CT molecular complexity index is 411. The van der Waals surface area contributed by atoms with Crippen LogP contribution in [0.1, 0.15) is 0 Å². The first kappa shape index (κ1) is 13.5. The smallest absolute Gasteiger partial charge is 0.239 e. The molecule has 0 amide bonds. The van der Waals surface area contributed by atoms with Gasteiger partial charge in [-0.1, -0.05) is 0 Å². The Morgan fingerprint density at radius 3 is 2.07 bits per heavy atom. The van der Waals surface area contributed by atoms with Crippen LogP contribution >= 0.6 is 24.8 Å². The summed E-state index contributed by atoms with van der Waals surface area (Å²) in [6.07, 6.45) is 0. The minimum absolute atomic E-state index is 0. The van der Waals surface area contributed by atoms with Crippen molar-refractivity contribution in [2.45, 2.75) is 0 Å². The molecule has 1 heterocycles. The molecule has 5 nitrogen and oxygen atoms in total. The summed E-state index contributed by atoms with van der Waals surface area (Å²) in [4.78, 5) is 3.98. The van der Waals surface area contributed by atoms with E-state index in [1.165, 1.54) is 0 Å². The van der Waals surface area contributed by atoms with Gasteiger partial charge in [0.2, 0.25) is 5.95 Å². The molecular formula is C8H11Cl2N5. The van der Waals surface area contributed by atoms with E-state index in [0.29, 0.717) is 5.82 Å². The lowest BCUT2D eigenvalue weighted by atomic mass is 10.2. The van der Waals surface area contributed by atoms with E-state index in [1.54, 1.807) is 12.1 Å². The van der Waals surface area contributed by atoms with Gasteiger partial charge in [0.15, 0.2) is 5.82 Å². The predicted molar refractivity (Wildman–Crippen MR) is 65.1 cm³/mol. The van der Waals surface area contributed by atoms with Gasteiger partial charge >= 0.3 is 0 Å². The van der Waals surface area contributed by atoms with Gasteiger partial charge in [-0.15, -0.1) is 29.9 Å². The zero-order chi connectivity index (χ0) is 9.26. The molecule has 0 atom stereocenters. The monoisotopic (exact) mass is 247 g/mol. The molecule has 0 fully saturated rings. The summed E-state index contributed by atoms with van der Waals surface area (Å²) >= 11 is 0. The van der Waals surface area contributed by atoms with Gasteiger partial charge in [-0.05, 0) is 24.3 Å². The first-order valence-electron chi connectivity index (χ1n) is 3.79. The van der Waals surface area contributed by atoms with Gasteiger partial charge in [0.1, 0.15) is 0 Å². The lowest BCUT2D eigenvalue weighted by Crippen LogP contribution is -1.86. The molecule has 1 aromatic carbocycles. The van der Waals surface area contributed by atoms with E-state index in [1.807, 2.05) is 12.1 Å². The van der Waals surface area contributed by atoms with E-state index in [2.05, 4.69) is 15.2 Å². The third-order valence-corrected chi connectivity index (χ3v) is 1.69. The Balaban J connectivity index is 0.000000980. The van der Waals surface area contributed by atoms with E-state index >= 15 is 0 Å². The van der Waals surface area contributed by atoms with Crippen molar-refractivity contribution in [2.24, 2.45) is 0 Å². The maximum absolute atomic E-state index is 5.54. The fraction of sp³-hybridized carbons (Fsp3) is 0. The van der Waals surface area contributed by atoms with Crippen molar-refractivity contribution >= 4 is 36.4 Å². The molecule has 0 aliphatic carbocycles. The van der Waals surface area contributed by atoms with Gasteiger partial charge in [0.25, 0.3) is 0 Å². The molecule has 5 N–H and O–H groups in total. The number of nitrogens with zero attached hydrogens (tertiary/aromatic N) is 2. The Hall–Kier alpha value is -1.46. The minimum atomic E-state index is 0. The van der Waals surface area contributed by atoms with Crippen LogP contribution in [-0.4, -0.2) is 15.2 Å². The number of aromatic nitrogens is 3. The van der Waals surface area contributed by atoms with Crippen LogP contribution in [0.25, 0.3) is 11.4 Å². The molecule has 82 valence electrons. The first-order valence-corrected chi connectivity index (χ1v) is 3.79. The first-order chi connectivity index (χ1) is 6.25. The standard InChI is InChI=1S/C8H9N5.2ClH/c9-6-3-1-5(2-4-6)7-11-8(10)13-12-7;;/h1-4H,9H2,(H3,10,11,12,13);2*1H. The summed E-state index contributed by atoms with van der Waals surface area (Å²) in [7, 11) is 0. The largest absolute Gasteiger partial charge is 0.399 e. The van der Waals surface area contributed by atoms with Crippen molar-refractivity contribution in [2.75, 3.05) is 11.5 Å². The Morgan fingerprint density at radius 1 is 1.00 bits per heavy atom. The molecule has 7 heteroatoms. The molecule has 0 saturated carbocycles. The van der Waals surface area contributed by atoms with Crippen molar-refractivity contribution in [3.05, 3.63) is 24.3 Å². The minimum Gasteiger partial charge on any atom is -0.399 e. The zero-order valence-corrected chi connectivity index (χ0v) is 9.31. The van der Waals surface area contributed by atoms with Crippen LogP contribution in [-0.2, 0) is 0 Å². The van der Waals surface area contributed by atoms with Gasteiger partial charge in [-0.25, -0.2) is 0 Å². The zero-order valence-electron chi connectivity index (χ0n) is 7.68. The van der Waals surface area contributed by atoms with Crippen molar-refractivity contribution in [1.82, 2.24) is 15.2 Å². The Kier molecular flexibility index (Phi) is 4.90. The van der Waals surface area contributed by atoms with Crippen LogP contribution in [0.3, 0.4) is 0 Å². The molecule has 0 saturated heterocycles. The number of benzene rings is 1. The second kappa shape index (κ2) is 5.43. The van der Waals surface area contributed by atoms with Crippen LogP contribution in [0.2, 0.25) is 0 Å². The molecule has 2 rings (SSSR count). The van der Waals surface area contributed by atoms with Crippen LogP contribution in [0.15, 0.2) is 24.3 Å². The third kappa shape index (κ3) is 3.00. The summed E-state index contributed by atoms with van der Waals surface area (Å²) < 4.78 is 0. The average Bonchev–Trinajstić information content (AvgIpc) is 2.53. The van der Waals surface area contributed by atoms with Crippen LogP contribution < -0.4 is 11.5 Å². The summed E-state index contributed by atoms with van der Waals surface area (Å²) in [6, 6.07) is 7.31. The number of halogens is 2. The van der Waals surface area contributed by atoms with Crippen molar-refractivity contribution in [1.29, 1.82) is 0 Å². The highest BCUT2D eigenvalue weighted by molar-refractivity contribution is 5.85. The van der Waals surface area contributed by atoms with E-state index in [0.717, 1.165) is 11.3 Å². The van der Waals surface area contributed by atoms with Gasteiger partial charge < -0.3 is 11.5 Å². The van der Waals surface area contributed by atoms with Crippen LogP contribution in [0, 0.1) is 0 Å². The Labute approximate surface area is 99.1 Å². The highest BCUT2D eigenvalue weighted by Crippen LogP contribution is 2.16. The van der Waals surface area contributed by atoms with E-state index in [-0.39, 0.29) is 30.8 Å². The molecule has 0 unspecified atom stereocenters. The summed E-state index contributed by atoms with van der Waals surface area (Å²) in [5.41, 5.74) is 12.5. The predicted octanol–water partition coefficient (Wildman–Crippen LogP) is 1.48. The number of nitrogen functional groups attached to an aromatic ring is 2. The fourth-order valence-corrected chi connectivity index (χ4v) is 1.04. The van der Waals surface area contributed by atoms with Gasteiger partial charge in [-0.3, -0.25) is 5.10 Å². The summed E-state index contributed by atoms with van der Waals surface area (Å²) in [5.74, 6) is 0.893. The molecule has 15 heavy (non-hydrogen) atoms. The number of rotatable bonds is 1. The van der Waals surface area contributed by atoms with E-state index in [9.17, 15) is 0 Å². The normalized spacial score (nSPS) is 8.80. The van der Waals surface area contributed by atoms with E-state index < -0.39 is 0 Å². The molecule has 0 bridgehead atoms. The number of anilines is 2. The molecular weight excluding hydrogens is 237 g/mol. The van der Waals surface area contributed by atoms with Gasteiger partial charge in [-0.2, -0.15) is 4.98 Å². The fourth-order valence-electron chi connectivity index (χ4n) is 1.04. The lowest BCUT2D eigenvalue weighted by Gasteiger charge is -1.95. The average molecular weight is 248 g/mol. The highest BCUT2D eigenvalue weighted by Gasteiger charge is 2.01. The SMILES string of the molecule is Cl.Cl.Nc1ccc(-c2nc(N)n[nH]2)cc1. The Morgan fingerprint density at radius 2 is 1.60 bits per heavy atom. The molecule has 0 radical (unpaired) electrons. The van der Waals surface area contributed by atoms with Crippen molar-refractivity contribution in [3.8, 4) is 11.4 Å². The maximum atomic E-state index is 5.54. The van der Waals surface area contributed by atoms with Gasteiger partial charge in [0, 0.05) is 11.3 Å². The van der Waals surface area contributed by atoms with Gasteiger partial charge in [0.05, 0.1) is 0 Å². The third-order valence-electron chi connectivity index (χ3n) is 1.69. The maximum Gasteiger partial charge on any atom is 0.239 e. The molecule has 0 aliphatic heterocycles. The second-order valence-electron chi connectivity index (χ2n) is 2.66.